The minimum atomic E-state index is -1.53. The monoisotopic (exact) mass is 415 g/mol. The second-order valence-electron chi connectivity index (χ2n) is 6.91. The van der Waals surface area contributed by atoms with E-state index in [1.54, 1.807) is 18.2 Å². The lowest BCUT2D eigenvalue weighted by molar-refractivity contribution is -0.250. The summed E-state index contributed by atoms with van der Waals surface area (Å²) in [5.74, 6) is -0.551. The van der Waals surface area contributed by atoms with Gasteiger partial charge in [0, 0.05) is 22.1 Å². The minimum absolute atomic E-state index is 0.229. The van der Waals surface area contributed by atoms with Gasteiger partial charge in [-0.2, -0.15) is 0 Å². The topological polar surface area (TPSA) is 126 Å². The number of carbonyl (C=O) groups excluding carboxylic acids is 2. The quantitative estimate of drug-likeness (QED) is 0.359. The van der Waals surface area contributed by atoms with Crippen LogP contribution in [0.2, 0.25) is 0 Å². The Kier molecular flexibility index (Phi) is 5.63. The number of rotatable bonds is 6. The maximum atomic E-state index is 12.0. The van der Waals surface area contributed by atoms with E-state index >= 15 is 0 Å². The van der Waals surface area contributed by atoms with E-state index < -0.39 is 18.5 Å². The van der Waals surface area contributed by atoms with Crippen molar-refractivity contribution in [1.29, 1.82) is 0 Å². The fourth-order valence-electron chi connectivity index (χ4n) is 3.40. The molecule has 0 unspecified atom stereocenters. The largest absolute Gasteiger partial charge is 0.530 e. The van der Waals surface area contributed by atoms with Crippen LogP contribution in [0.5, 0.6) is 0 Å². The number of carboxylic acid groups (broad SMARTS) is 1. The van der Waals surface area contributed by atoms with E-state index in [0.717, 1.165) is 27.5 Å². The molecule has 4 aromatic rings. The number of amides is 2. The van der Waals surface area contributed by atoms with Gasteiger partial charge in [-0.1, -0.05) is 36.4 Å². The number of aliphatic hydroxyl groups excluding tert-OH is 1. The average Bonchev–Trinajstić information content (AvgIpc) is 2.77. The lowest BCUT2D eigenvalue weighted by Crippen LogP contribution is -2.41. The Morgan fingerprint density at radius 2 is 1.52 bits per heavy atom. The molecule has 156 valence electrons. The number of nitrogens with zero attached hydrogens (tertiary/aromatic N) is 1. The van der Waals surface area contributed by atoms with Gasteiger partial charge in [-0.3, -0.25) is 4.79 Å². The van der Waals surface area contributed by atoms with E-state index in [0.29, 0.717) is 16.9 Å². The first-order valence-electron chi connectivity index (χ1n) is 9.57. The van der Waals surface area contributed by atoms with E-state index in [4.69, 9.17) is 4.98 Å². The van der Waals surface area contributed by atoms with Crippen LogP contribution in [-0.4, -0.2) is 28.6 Å². The van der Waals surface area contributed by atoms with Gasteiger partial charge in [0.15, 0.2) is 0 Å². The Labute approximate surface area is 177 Å². The number of benzene rings is 3. The molecule has 8 nitrogen and oxygen atoms in total. The molecule has 1 aromatic heterocycles. The average molecular weight is 415 g/mol. The molecule has 0 bridgehead atoms. The van der Waals surface area contributed by atoms with Gasteiger partial charge in [0.1, 0.15) is 6.09 Å². The van der Waals surface area contributed by atoms with Crippen molar-refractivity contribution in [3.8, 4) is 0 Å². The number of hydrogen-bond acceptors (Lipinski definition) is 6. The van der Waals surface area contributed by atoms with Crippen molar-refractivity contribution >= 4 is 50.9 Å². The van der Waals surface area contributed by atoms with E-state index in [2.05, 4.69) is 10.6 Å². The molecule has 8 heteroatoms. The molecule has 0 saturated heterocycles. The summed E-state index contributed by atoms with van der Waals surface area (Å²) in [6.45, 7) is -0.665. The summed E-state index contributed by atoms with van der Waals surface area (Å²) >= 11 is 0. The highest BCUT2D eigenvalue weighted by atomic mass is 16.4. The van der Waals surface area contributed by atoms with Crippen molar-refractivity contribution in [3.63, 3.8) is 0 Å². The number of anilines is 3. The number of hydrogen-bond donors (Lipinski definition) is 4. The van der Waals surface area contributed by atoms with E-state index in [1.807, 2.05) is 53.8 Å². The van der Waals surface area contributed by atoms with E-state index in [-0.39, 0.29) is 6.61 Å². The van der Waals surface area contributed by atoms with Crippen molar-refractivity contribution in [2.45, 2.75) is 6.61 Å². The van der Waals surface area contributed by atoms with Crippen LogP contribution < -0.4 is 21.1 Å². The van der Waals surface area contributed by atoms with Crippen LogP contribution in [0, 0.1) is 0 Å². The first-order valence-corrected chi connectivity index (χ1v) is 9.57. The predicted molar refractivity (Wildman–Crippen MR) is 117 cm³/mol. The van der Waals surface area contributed by atoms with Crippen molar-refractivity contribution in [2.24, 2.45) is 0 Å². The molecule has 0 aliphatic heterocycles. The van der Waals surface area contributed by atoms with Crippen molar-refractivity contribution < 1.29 is 19.8 Å². The number of fused-ring (bicyclic) bond motifs is 2. The van der Waals surface area contributed by atoms with Crippen molar-refractivity contribution in [1.82, 2.24) is 10.3 Å². The zero-order valence-electron chi connectivity index (χ0n) is 16.4. The summed E-state index contributed by atoms with van der Waals surface area (Å²) in [4.78, 5) is 27.2. The van der Waals surface area contributed by atoms with Gasteiger partial charge in [0.25, 0.3) is 0 Å². The van der Waals surface area contributed by atoms with Crippen molar-refractivity contribution in [3.05, 3.63) is 72.3 Å². The van der Waals surface area contributed by atoms with Gasteiger partial charge in [-0.05, 0) is 35.9 Å². The number of nitrogens with one attached hydrogen (secondary N) is 3. The first kappa shape index (κ1) is 20.1. The van der Waals surface area contributed by atoms with Crippen LogP contribution in [-0.2, 0) is 11.4 Å². The summed E-state index contributed by atoms with van der Waals surface area (Å²) in [5, 5.41) is 29.9. The summed E-state index contributed by atoms with van der Waals surface area (Å²) in [5.41, 5.74) is 4.17. The normalized spacial score (nSPS) is 10.7. The number of para-hydroxylation sites is 2. The molecule has 2 amide bonds. The van der Waals surface area contributed by atoms with E-state index in [9.17, 15) is 19.8 Å². The number of aromatic nitrogens is 1. The molecule has 31 heavy (non-hydrogen) atoms. The van der Waals surface area contributed by atoms with Crippen LogP contribution >= 0.6 is 0 Å². The van der Waals surface area contributed by atoms with Gasteiger partial charge >= 0.3 is 0 Å². The number of aliphatic hydroxyl groups is 1. The highest BCUT2D eigenvalue weighted by Crippen LogP contribution is 2.34. The Morgan fingerprint density at radius 3 is 2.13 bits per heavy atom. The van der Waals surface area contributed by atoms with Crippen LogP contribution in [0.15, 0.2) is 66.7 Å². The molecule has 1 heterocycles. The second-order valence-corrected chi connectivity index (χ2v) is 6.91. The third kappa shape index (κ3) is 4.54. The molecule has 0 aliphatic rings. The predicted octanol–water partition coefficient (Wildman–Crippen LogP) is 2.50. The number of carbonyl (C=O) groups is 2. The van der Waals surface area contributed by atoms with Crippen LogP contribution in [0.4, 0.5) is 21.9 Å². The van der Waals surface area contributed by atoms with Crippen LogP contribution in [0.3, 0.4) is 0 Å². The fraction of sp³-hybridized carbons (Fsp3) is 0.0870. The van der Waals surface area contributed by atoms with Gasteiger partial charge in [0.05, 0.1) is 29.9 Å². The molecule has 0 saturated carbocycles. The molecule has 0 fully saturated rings. The Balaban J connectivity index is 1.73. The summed E-state index contributed by atoms with van der Waals surface area (Å²) in [7, 11) is 0. The lowest BCUT2D eigenvalue weighted by atomic mass is 10.1. The van der Waals surface area contributed by atoms with Crippen molar-refractivity contribution in [2.75, 3.05) is 17.2 Å². The minimum Gasteiger partial charge on any atom is -0.530 e. The second kappa shape index (κ2) is 8.68. The zero-order valence-corrected chi connectivity index (χ0v) is 16.4. The fourth-order valence-corrected chi connectivity index (χ4v) is 3.40. The molecule has 4 rings (SSSR count). The van der Waals surface area contributed by atoms with Crippen LogP contribution in [0.1, 0.15) is 5.56 Å². The summed E-state index contributed by atoms with van der Waals surface area (Å²) in [6, 6.07) is 20.6. The summed E-state index contributed by atoms with van der Waals surface area (Å²) in [6.07, 6.45) is -1.53. The molecule has 0 atom stereocenters. The van der Waals surface area contributed by atoms with Gasteiger partial charge in [-0.15, -0.1) is 0 Å². The molecular weight excluding hydrogens is 396 g/mol. The number of pyridine rings is 1. The Bertz CT molecular complexity index is 1240. The maximum Gasteiger partial charge on any atom is 0.243 e. The first-order chi connectivity index (χ1) is 15.0. The standard InChI is InChI=1S/C23H20N4O4/c28-13-14-9-15(25-21(29)12-24-23(30)31)11-16(10-14)26-22-17-5-1-3-7-19(17)27-20-8-4-2-6-18(20)22/h1-11,24,28H,12-13H2,(H,25,29)(H,26,27)(H,30,31)/p-1. The van der Waals surface area contributed by atoms with Gasteiger partial charge < -0.3 is 31.0 Å². The molecule has 0 spiro atoms. The van der Waals surface area contributed by atoms with Crippen LogP contribution in [0.25, 0.3) is 21.8 Å². The maximum absolute atomic E-state index is 12.0. The third-order valence-corrected chi connectivity index (χ3v) is 4.71. The smallest absolute Gasteiger partial charge is 0.243 e. The Morgan fingerprint density at radius 1 is 0.903 bits per heavy atom. The zero-order chi connectivity index (χ0) is 21.8. The molecule has 0 radical (unpaired) electrons. The summed E-state index contributed by atoms with van der Waals surface area (Å²) < 4.78 is 0. The molecular formula is C23H19N4O4-. The highest BCUT2D eigenvalue weighted by molar-refractivity contribution is 6.08. The van der Waals surface area contributed by atoms with Gasteiger partial charge in [0.2, 0.25) is 5.91 Å². The SMILES string of the molecule is O=C([O-])NCC(=O)Nc1cc(CO)cc(Nc2c3ccccc3nc3ccccc23)c1. The molecule has 4 N–H and O–H groups in total. The highest BCUT2D eigenvalue weighted by Gasteiger charge is 2.11. The molecule has 3 aromatic carbocycles. The molecule has 0 aliphatic carbocycles. The third-order valence-electron chi connectivity index (χ3n) is 4.71. The lowest BCUT2D eigenvalue weighted by Gasteiger charge is -2.16. The van der Waals surface area contributed by atoms with Gasteiger partial charge in [-0.25, -0.2) is 4.98 Å². The van der Waals surface area contributed by atoms with E-state index in [1.165, 1.54) is 0 Å². The Hall–Kier alpha value is -4.17.